The van der Waals surface area contributed by atoms with Gasteiger partial charge in [-0.25, -0.2) is 5.90 Å². The number of halogens is 1. The molecule has 0 fully saturated rings. The van der Waals surface area contributed by atoms with Gasteiger partial charge in [-0.05, 0) is 23.6 Å². The molecular formula is C10H14ClNO2. The molecule has 0 amide bonds. The molecule has 0 unspecified atom stereocenters. The highest BCUT2D eigenvalue weighted by molar-refractivity contribution is 6.31. The Morgan fingerprint density at radius 3 is 2.86 bits per heavy atom. The van der Waals surface area contributed by atoms with Crippen molar-refractivity contribution in [2.24, 2.45) is 5.90 Å². The smallest absolute Gasteiger partial charge is 0.0720 e. The largest absolute Gasteiger partial charge is 0.380 e. The Hall–Kier alpha value is -0.610. The minimum atomic E-state index is 0.459. The van der Waals surface area contributed by atoms with Crippen LogP contribution >= 0.6 is 11.6 Å². The lowest BCUT2D eigenvalue weighted by molar-refractivity contribution is 0.140. The van der Waals surface area contributed by atoms with Crippen molar-refractivity contribution in [3.8, 4) is 0 Å². The van der Waals surface area contributed by atoms with E-state index in [1.165, 1.54) is 0 Å². The van der Waals surface area contributed by atoms with E-state index in [2.05, 4.69) is 4.84 Å². The van der Waals surface area contributed by atoms with Gasteiger partial charge >= 0.3 is 0 Å². The Bertz CT molecular complexity index is 291. The van der Waals surface area contributed by atoms with Crippen molar-refractivity contribution in [2.75, 3.05) is 13.7 Å². The van der Waals surface area contributed by atoms with Crippen molar-refractivity contribution >= 4 is 11.6 Å². The summed E-state index contributed by atoms with van der Waals surface area (Å²) in [7, 11) is 1.66. The second kappa shape index (κ2) is 5.98. The van der Waals surface area contributed by atoms with Gasteiger partial charge in [0.05, 0.1) is 13.2 Å². The summed E-state index contributed by atoms with van der Waals surface area (Å²) in [5, 5.41) is 0.733. The summed E-state index contributed by atoms with van der Waals surface area (Å²) in [5.41, 5.74) is 2.12. The average molecular weight is 216 g/mol. The van der Waals surface area contributed by atoms with Crippen LogP contribution in [0.15, 0.2) is 18.2 Å². The quantitative estimate of drug-likeness (QED) is 0.764. The van der Waals surface area contributed by atoms with E-state index in [4.69, 9.17) is 22.2 Å². The molecule has 0 aromatic heterocycles. The van der Waals surface area contributed by atoms with Crippen molar-refractivity contribution in [1.29, 1.82) is 0 Å². The van der Waals surface area contributed by atoms with Crippen LogP contribution < -0.4 is 5.90 Å². The molecule has 4 heteroatoms. The van der Waals surface area contributed by atoms with Crippen molar-refractivity contribution in [1.82, 2.24) is 0 Å². The molecule has 2 N–H and O–H groups in total. The average Bonchev–Trinajstić information content (AvgIpc) is 2.18. The molecule has 1 aromatic rings. The summed E-state index contributed by atoms with van der Waals surface area (Å²) in [6, 6.07) is 5.75. The summed E-state index contributed by atoms with van der Waals surface area (Å²) >= 11 is 6.05. The van der Waals surface area contributed by atoms with Crippen LogP contribution in [0.4, 0.5) is 0 Å². The fourth-order valence-corrected chi connectivity index (χ4v) is 1.62. The van der Waals surface area contributed by atoms with Crippen molar-refractivity contribution in [3.63, 3.8) is 0 Å². The second-order valence-electron chi connectivity index (χ2n) is 2.93. The van der Waals surface area contributed by atoms with Crippen LogP contribution in [0.2, 0.25) is 5.02 Å². The molecule has 1 aromatic carbocycles. The molecule has 0 saturated carbocycles. The van der Waals surface area contributed by atoms with Gasteiger partial charge in [0.1, 0.15) is 0 Å². The molecule has 3 nitrogen and oxygen atoms in total. The van der Waals surface area contributed by atoms with Gasteiger partial charge in [0, 0.05) is 12.1 Å². The number of ether oxygens (including phenoxy) is 1. The van der Waals surface area contributed by atoms with Crippen LogP contribution in [0, 0.1) is 0 Å². The highest BCUT2D eigenvalue weighted by atomic mass is 35.5. The van der Waals surface area contributed by atoms with Gasteiger partial charge in [-0.2, -0.15) is 0 Å². The van der Waals surface area contributed by atoms with Gasteiger partial charge in [-0.15, -0.1) is 0 Å². The van der Waals surface area contributed by atoms with Crippen LogP contribution in [0.25, 0.3) is 0 Å². The molecule has 0 bridgehead atoms. The van der Waals surface area contributed by atoms with E-state index in [9.17, 15) is 0 Å². The second-order valence-corrected chi connectivity index (χ2v) is 3.34. The van der Waals surface area contributed by atoms with Crippen molar-refractivity contribution < 1.29 is 9.57 Å². The number of benzene rings is 1. The Morgan fingerprint density at radius 2 is 2.21 bits per heavy atom. The summed E-state index contributed by atoms with van der Waals surface area (Å²) in [4.78, 5) is 4.53. The van der Waals surface area contributed by atoms with Gasteiger partial charge in [0.15, 0.2) is 0 Å². The number of hydrogen-bond donors (Lipinski definition) is 1. The maximum absolute atomic E-state index is 6.05. The van der Waals surface area contributed by atoms with Crippen LogP contribution in [0.5, 0.6) is 0 Å². The summed E-state index contributed by atoms with van der Waals surface area (Å²) in [6.07, 6.45) is 0.703. The lowest BCUT2D eigenvalue weighted by Gasteiger charge is -2.09. The monoisotopic (exact) mass is 215 g/mol. The first kappa shape index (κ1) is 11.5. The summed E-state index contributed by atoms with van der Waals surface area (Å²) < 4.78 is 5.07. The van der Waals surface area contributed by atoms with E-state index in [-0.39, 0.29) is 0 Å². The molecule has 0 radical (unpaired) electrons. The Morgan fingerprint density at radius 1 is 1.43 bits per heavy atom. The van der Waals surface area contributed by atoms with E-state index in [0.717, 1.165) is 16.1 Å². The minimum Gasteiger partial charge on any atom is -0.380 e. The predicted octanol–water partition coefficient (Wildman–Crippen LogP) is 1.92. The van der Waals surface area contributed by atoms with E-state index < -0.39 is 0 Å². The van der Waals surface area contributed by atoms with Crippen LogP contribution in [-0.4, -0.2) is 13.7 Å². The van der Waals surface area contributed by atoms with Gasteiger partial charge in [-0.1, -0.05) is 23.7 Å². The molecular weight excluding hydrogens is 202 g/mol. The van der Waals surface area contributed by atoms with E-state index in [1.807, 2.05) is 18.2 Å². The van der Waals surface area contributed by atoms with E-state index >= 15 is 0 Å². The first-order valence-corrected chi connectivity index (χ1v) is 4.74. The SMILES string of the molecule is COCc1cccc(Cl)c1CCON. The molecule has 0 spiro atoms. The van der Waals surface area contributed by atoms with Gasteiger partial charge in [0.25, 0.3) is 0 Å². The predicted molar refractivity (Wildman–Crippen MR) is 56.0 cm³/mol. The molecule has 1 rings (SSSR count). The van der Waals surface area contributed by atoms with Crippen LogP contribution in [0.1, 0.15) is 11.1 Å². The standard InChI is InChI=1S/C10H14ClNO2/c1-13-7-8-3-2-4-10(11)9(8)5-6-14-12/h2-4H,5-7,12H2,1H3. The summed E-state index contributed by atoms with van der Waals surface area (Å²) in [5.74, 6) is 4.98. The topological polar surface area (TPSA) is 44.5 Å². The first-order valence-electron chi connectivity index (χ1n) is 4.36. The number of rotatable bonds is 5. The number of hydrogen-bond acceptors (Lipinski definition) is 3. The molecule has 78 valence electrons. The Labute approximate surface area is 88.7 Å². The van der Waals surface area contributed by atoms with Crippen LogP contribution in [-0.2, 0) is 22.6 Å². The Balaban J connectivity index is 2.84. The third kappa shape index (κ3) is 2.96. The molecule has 0 aliphatic rings. The molecule has 0 heterocycles. The highest BCUT2D eigenvalue weighted by Gasteiger charge is 2.06. The fraction of sp³-hybridized carbons (Fsp3) is 0.400. The first-order chi connectivity index (χ1) is 6.79. The normalized spacial score (nSPS) is 10.5. The lowest BCUT2D eigenvalue weighted by Crippen LogP contribution is -2.06. The zero-order chi connectivity index (χ0) is 10.4. The van der Waals surface area contributed by atoms with E-state index in [0.29, 0.717) is 19.6 Å². The molecule has 0 aliphatic carbocycles. The van der Waals surface area contributed by atoms with Gasteiger partial charge in [0.2, 0.25) is 0 Å². The maximum Gasteiger partial charge on any atom is 0.0720 e. The van der Waals surface area contributed by atoms with Crippen molar-refractivity contribution in [2.45, 2.75) is 13.0 Å². The van der Waals surface area contributed by atoms with Gasteiger partial charge < -0.3 is 9.57 Å². The summed E-state index contributed by atoms with van der Waals surface area (Å²) in [6.45, 7) is 1.01. The fourth-order valence-electron chi connectivity index (χ4n) is 1.34. The minimum absolute atomic E-state index is 0.459. The Kier molecular flexibility index (Phi) is 4.90. The number of nitrogens with two attached hydrogens (primary N) is 1. The third-order valence-electron chi connectivity index (χ3n) is 1.99. The molecule has 0 aliphatic heterocycles. The number of methoxy groups -OCH3 is 1. The van der Waals surface area contributed by atoms with E-state index in [1.54, 1.807) is 7.11 Å². The zero-order valence-corrected chi connectivity index (χ0v) is 8.88. The van der Waals surface area contributed by atoms with Crippen LogP contribution in [0.3, 0.4) is 0 Å². The van der Waals surface area contributed by atoms with Crippen molar-refractivity contribution in [3.05, 3.63) is 34.3 Å². The molecule has 0 saturated heterocycles. The lowest BCUT2D eigenvalue weighted by atomic mass is 10.1. The highest BCUT2D eigenvalue weighted by Crippen LogP contribution is 2.21. The zero-order valence-electron chi connectivity index (χ0n) is 8.13. The third-order valence-corrected chi connectivity index (χ3v) is 2.34. The molecule has 14 heavy (non-hydrogen) atoms. The molecule has 0 atom stereocenters. The van der Waals surface area contributed by atoms with Gasteiger partial charge in [-0.3, -0.25) is 0 Å². The maximum atomic E-state index is 6.05.